The predicted octanol–water partition coefficient (Wildman–Crippen LogP) is 3.80. The quantitative estimate of drug-likeness (QED) is 0.362. The first kappa shape index (κ1) is 20.2. The van der Waals surface area contributed by atoms with Crippen LogP contribution in [-0.4, -0.2) is 31.4 Å². The Morgan fingerprint density at radius 2 is 2.07 bits per heavy atom. The summed E-state index contributed by atoms with van der Waals surface area (Å²) in [6.45, 7) is 1.95. The van der Waals surface area contributed by atoms with Gasteiger partial charge in [-0.25, -0.2) is 9.37 Å². The van der Waals surface area contributed by atoms with Crippen molar-refractivity contribution in [2.24, 2.45) is 0 Å². The number of thioether (sulfide) groups is 1. The summed E-state index contributed by atoms with van der Waals surface area (Å²) >= 11 is 2.75. The lowest BCUT2D eigenvalue weighted by molar-refractivity contribution is 0.102. The Hall–Kier alpha value is -3.11. The number of fused-ring (bicyclic) bond motifs is 1. The molecule has 7 nitrogen and oxygen atoms in total. The van der Waals surface area contributed by atoms with Crippen molar-refractivity contribution in [2.45, 2.75) is 17.8 Å². The number of benzene rings is 1. The van der Waals surface area contributed by atoms with Crippen molar-refractivity contribution < 1.29 is 9.18 Å². The van der Waals surface area contributed by atoms with Crippen molar-refractivity contribution in [1.29, 1.82) is 0 Å². The molecule has 0 fully saturated rings. The highest BCUT2D eigenvalue weighted by atomic mass is 32.2. The summed E-state index contributed by atoms with van der Waals surface area (Å²) in [4.78, 5) is 30.2. The first-order chi connectivity index (χ1) is 14.6. The van der Waals surface area contributed by atoms with E-state index in [1.165, 1.54) is 39.8 Å². The Balaban J connectivity index is 1.75. The number of anilines is 1. The van der Waals surface area contributed by atoms with Crippen molar-refractivity contribution >= 4 is 45.2 Å². The molecule has 0 spiro atoms. The van der Waals surface area contributed by atoms with Crippen LogP contribution >= 0.6 is 23.1 Å². The van der Waals surface area contributed by atoms with Gasteiger partial charge >= 0.3 is 0 Å². The smallest absolute Gasteiger partial charge is 0.265 e. The molecule has 4 rings (SSSR count). The number of nitrogens with one attached hydrogen (secondary N) is 1. The second-order valence-corrected chi connectivity index (χ2v) is 8.71. The van der Waals surface area contributed by atoms with Gasteiger partial charge in [-0.15, -0.1) is 10.2 Å². The number of aromatic nitrogens is 4. The number of hydrogen-bond acceptors (Lipinski definition) is 7. The van der Waals surface area contributed by atoms with E-state index in [1.54, 1.807) is 36.5 Å². The first-order valence-electron chi connectivity index (χ1n) is 9.06. The summed E-state index contributed by atoms with van der Waals surface area (Å²) in [5.74, 6) is -0.198. The fraction of sp³-hybridized carbons (Fsp3) is 0.150. The van der Waals surface area contributed by atoms with Gasteiger partial charge in [0.05, 0.1) is 6.54 Å². The van der Waals surface area contributed by atoms with Crippen LogP contribution in [0.5, 0.6) is 0 Å². The second-order valence-electron chi connectivity index (χ2n) is 6.22. The molecule has 3 aromatic heterocycles. The van der Waals surface area contributed by atoms with Crippen LogP contribution < -0.4 is 10.9 Å². The molecule has 1 N–H and O–H groups in total. The lowest BCUT2D eigenvalue weighted by atomic mass is 10.1. The van der Waals surface area contributed by atoms with Crippen molar-refractivity contribution in [2.75, 3.05) is 11.1 Å². The molecule has 0 saturated heterocycles. The van der Waals surface area contributed by atoms with Gasteiger partial charge in [0.25, 0.3) is 11.5 Å². The highest BCUT2D eigenvalue weighted by Crippen LogP contribution is 2.25. The number of pyridine rings is 2. The van der Waals surface area contributed by atoms with E-state index in [0.717, 1.165) is 10.1 Å². The third-order valence-corrected chi connectivity index (χ3v) is 6.13. The zero-order valence-corrected chi connectivity index (χ0v) is 17.5. The van der Waals surface area contributed by atoms with E-state index < -0.39 is 17.3 Å². The Labute approximate surface area is 179 Å². The number of carbonyl (C=O) groups excluding carboxylic acids is 1. The van der Waals surface area contributed by atoms with E-state index in [-0.39, 0.29) is 12.1 Å². The maximum absolute atomic E-state index is 14.2. The Morgan fingerprint density at radius 1 is 1.23 bits per heavy atom. The summed E-state index contributed by atoms with van der Waals surface area (Å²) in [6, 6.07) is 11.1. The number of nitrogens with zero attached hydrogens (tertiary/aromatic N) is 4. The molecule has 0 aliphatic carbocycles. The van der Waals surface area contributed by atoms with Crippen LogP contribution in [0.1, 0.15) is 22.8 Å². The maximum atomic E-state index is 14.2. The molecule has 0 unspecified atom stereocenters. The summed E-state index contributed by atoms with van der Waals surface area (Å²) in [5, 5.41) is 11.5. The standard InChI is InChI=1S/C20H16FN5O2S2/c1-2-29-20-25-24-19(30-20)23-17(27)14-10-12-7-5-9-22-16(12)26(18(14)28)11-13-6-3-4-8-15(13)21/h3-10H,2,11H2,1H3,(H,23,24,27). The summed E-state index contributed by atoms with van der Waals surface area (Å²) < 4.78 is 16.2. The zero-order valence-electron chi connectivity index (χ0n) is 15.8. The molecule has 0 radical (unpaired) electrons. The Bertz CT molecular complexity index is 1290. The van der Waals surface area contributed by atoms with Crippen molar-refractivity contribution in [3.63, 3.8) is 0 Å². The van der Waals surface area contributed by atoms with E-state index in [0.29, 0.717) is 21.7 Å². The predicted molar refractivity (Wildman–Crippen MR) is 116 cm³/mol. The SMILES string of the molecule is CCSc1nnc(NC(=O)c2cc3cccnc3n(Cc3ccccc3F)c2=O)s1. The molecule has 0 atom stereocenters. The molecule has 0 aliphatic rings. The molecular weight excluding hydrogens is 425 g/mol. The van der Waals surface area contributed by atoms with E-state index >= 15 is 0 Å². The van der Waals surface area contributed by atoms with Gasteiger partial charge in [0.2, 0.25) is 5.13 Å². The number of halogens is 1. The van der Waals surface area contributed by atoms with E-state index in [9.17, 15) is 14.0 Å². The lowest BCUT2D eigenvalue weighted by Crippen LogP contribution is -2.30. The van der Waals surface area contributed by atoms with Crippen LogP contribution in [0.4, 0.5) is 9.52 Å². The number of rotatable bonds is 6. The molecule has 152 valence electrons. The van der Waals surface area contributed by atoms with Crippen LogP contribution in [0.2, 0.25) is 0 Å². The average Bonchev–Trinajstić information content (AvgIpc) is 3.18. The van der Waals surface area contributed by atoms with Crippen molar-refractivity contribution in [3.05, 3.63) is 76.0 Å². The number of hydrogen-bond donors (Lipinski definition) is 1. The zero-order chi connectivity index (χ0) is 21.1. The molecule has 3 heterocycles. The van der Waals surface area contributed by atoms with Crippen LogP contribution in [0.25, 0.3) is 11.0 Å². The lowest BCUT2D eigenvalue weighted by Gasteiger charge is -2.12. The highest BCUT2D eigenvalue weighted by molar-refractivity contribution is 8.01. The molecule has 1 amide bonds. The third kappa shape index (κ3) is 4.10. The van der Waals surface area contributed by atoms with Gasteiger partial charge in [-0.3, -0.25) is 19.5 Å². The molecule has 1 aromatic carbocycles. The summed E-state index contributed by atoms with van der Waals surface area (Å²) in [7, 11) is 0. The van der Waals surface area contributed by atoms with E-state index in [1.807, 2.05) is 6.92 Å². The molecule has 0 aliphatic heterocycles. The minimum Gasteiger partial charge on any atom is -0.296 e. The van der Waals surface area contributed by atoms with E-state index in [4.69, 9.17) is 0 Å². The molecule has 4 aromatic rings. The number of amides is 1. The fourth-order valence-electron chi connectivity index (χ4n) is 2.92. The molecule has 0 saturated carbocycles. The molecule has 30 heavy (non-hydrogen) atoms. The van der Waals surface area contributed by atoms with Gasteiger partial charge in [-0.1, -0.05) is 48.2 Å². The fourth-order valence-corrected chi connectivity index (χ4v) is 4.56. The van der Waals surface area contributed by atoms with Crippen LogP contribution in [-0.2, 0) is 6.54 Å². The van der Waals surface area contributed by atoms with Gasteiger partial charge in [0.1, 0.15) is 17.0 Å². The van der Waals surface area contributed by atoms with Crippen molar-refractivity contribution in [1.82, 2.24) is 19.7 Å². The van der Waals surface area contributed by atoms with Crippen molar-refractivity contribution in [3.8, 4) is 0 Å². The van der Waals surface area contributed by atoms with Gasteiger partial charge in [-0.2, -0.15) is 0 Å². The van der Waals surface area contributed by atoms with Gasteiger partial charge < -0.3 is 0 Å². The topological polar surface area (TPSA) is 89.8 Å². The third-order valence-electron chi connectivity index (χ3n) is 4.27. The summed E-state index contributed by atoms with van der Waals surface area (Å²) in [6.07, 6.45) is 1.55. The molecular formula is C20H16FN5O2S2. The Kier molecular flexibility index (Phi) is 5.86. The minimum absolute atomic E-state index is 0.0454. The highest BCUT2D eigenvalue weighted by Gasteiger charge is 2.19. The van der Waals surface area contributed by atoms with E-state index in [2.05, 4.69) is 20.5 Å². The van der Waals surface area contributed by atoms with Crippen LogP contribution in [0, 0.1) is 5.82 Å². The first-order valence-corrected chi connectivity index (χ1v) is 10.9. The van der Waals surface area contributed by atoms with Crippen LogP contribution in [0.3, 0.4) is 0 Å². The largest absolute Gasteiger partial charge is 0.296 e. The van der Waals surface area contributed by atoms with Gasteiger partial charge in [0, 0.05) is 17.1 Å². The molecule has 10 heteroatoms. The minimum atomic E-state index is -0.600. The van der Waals surface area contributed by atoms with Gasteiger partial charge in [0.15, 0.2) is 4.34 Å². The normalized spacial score (nSPS) is 11.0. The maximum Gasteiger partial charge on any atom is 0.265 e. The summed E-state index contributed by atoms with van der Waals surface area (Å²) in [5.41, 5.74) is 0.0654. The monoisotopic (exact) mass is 441 g/mol. The van der Waals surface area contributed by atoms with Crippen LogP contribution in [0.15, 0.2) is 57.8 Å². The Morgan fingerprint density at radius 3 is 2.87 bits per heavy atom. The van der Waals surface area contributed by atoms with Gasteiger partial charge in [-0.05, 0) is 30.0 Å². The number of carbonyl (C=O) groups is 1. The second kappa shape index (κ2) is 8.72. The average molecular weight is 442 g/mol. The molecule has 0 bridgehead atoms.